The quantitative estimate of drug-likeness (QED) is 0.899. The molecule has 0 spiro atoms. The standard InChI is InChI=1S/C11H13BrClNO/c1-3-8-10(14-2)9-6(12)4-5-7(13)11(9)15-8/h4-5,8,10,14H,3H2,1-2H3. The van der Waals surface area contributed by atoms with Crippen molar-refractivity contribution in [2.75, 3.05) is 7.05 Å². The molecular weight excluding hydrogens is 277 g/mol. The molecule has 2 atom stereocenters. The second kappa shape index (κ2) is 4.32. The number of nitrogens with one attached hydrogen (secondary N) is 1. The first-order valence-corrected chi connectivity index (χ1v) is 6.18. The van der Waals surface area contributed by atoms with E-state index in [4.69, 9.17) is 16.3 Å². The fourth-order valence-electron chi connectivity index (χ4n) is 2.01. The summed E-state index contributed by atoms with van der Waals surface area (Å²) in [6.07, 6.45) is 1.13. The Hall–Kier alpha value is -0.250. The zero-order valence-corrected chi connectivity index (χ0v) is 11.0. The molecule has 2 rings (SSSR count). The lowest BCUT2D eigenvalue weighted by atomic mass is 10.0. The number of hydrogen-bond acceptors (Lipinski definition) is 2. The average molecular weight is 291 g/mol. The van der Waals surface area contributed by atoms with Crippen molar-refractivity contribution in [3.8, 4) is 5.75 Å². The first-order chi connectivity index (χ1) is 7.19. The molecule has 0 saturated heterocycles. The molecule has 15 heavy (non-hydrogen) atoms. The Kier molecular flexibility index (Phi) is 3.24. The van der Waals surface area contributed by atoms with E-state index in [2.05, 4.69) is 28.2 Å². The summed E-state index contributed by atoms with van der Waals surface area (Å²) in [5.41, 5.74) is 1.14. The zero-order chi connectivity index (χ0) is 11.0. The van der Waals surface area contributed by atoms with Crippen LogP contribution in [0.2, 0.25) is 5.02 Å². The van der Waals surface area contributed by atoms with Crippen LogP contribution in [-0.2, 0) is 0 Å². The van der Waals surface area contributed by atoms with Gasteiger partial charge >= 0.3 is 0 Å². The van der Waals surface area contributed by atoms with Gasteiger partial charge in [-0.15, -0.1) is 0 Å². The summed E-state index contributed by atoms with van der Waals surface area (Å²) in [6.45, 7) is 2.11. The van der Waals surface area contributed by atoms with Crippen LogP contribution >= 0.6 is 27.5 Å². The fraction of sp³-hybridized carbons (Fsp3) is 0.455. The highest BCUT2D eigenvalue weighted by atomic mass is 79.9. The Morgan fingerprint density at radius 1 is 1.53 bits per heavy atom. The molecule has 0 fully saturated rings. The number of rotatable bonds is 2. The molecule has 1 aliphatic rings. The van der Waals surface area contributed by atoms with Crippen molar-refractivity contribution < 1.29 is 4.74 Å². The second-order valence-corrected chi connectivity index (χ2v) is 4.86. The van der Waals surface area contributed by atoms with Gasteiger partial charge < -0.3 is 10.1 Å². The number of likely N-dealkylation sites (N-methyl/N-ethyl adjacent to an activating group) is 1. The Labute approximate surface area is 103 Å². The van der Waals surface area contributed by atoms with E-state index in [1.54, 1.807) is 0 Å². The highest BCUT2D eigenvalue weighted by Gasteiger charge is 2.35. The highest BCUT2D eigenvalue weighted by molar-refractivity contribution is 9.10. The van der Waals surface area contributed by atoms with Gasteiger partial charge in [0, 0.05) is 10.0 Å². The van der Waals surface area contributed by atoms with Crippen molar-refractivity contribution >= 4 is 27.5 Å². The van der Waals surface area contributed by atoms with Crippen molar-refractivity contribution in [3.05, 3.63) is 27.2 Å². The molecule has 0 radical (unpaired) electrons. The molecular formula is C11H13BrClNO. The normalized spacial score (nSPS) is 23.7. The SMILES string of the molecule is CCC1Oc2c(Cl)ccc(Br)c2C1NC. The average Bonchev–Trinajstić information content (AvgIpc) is 2.63. The lowest BCUT2D eigenvalue weighted by Crippen LogP contribution is -2.27. The van der Waals surface area contributed by atoms with Gasteiger partial charge in [-0.3, -0.25) is 0 Å². The maximum absolute atomic E-state index is 6.11. The summed E-state index contributed by atoms with van der Waals surface area (Å²) in [5.74, 6) is 0.817. The van der Waals surface area contributed by atoms with E-state index >= 15 is 0 Å². The van der Waals surface area contributed by atoms with Gasteiger partial charge in [-0.1, -0.05) is 34.5 Å². The number of fused-ring (bicyclic) bond motifs is 1. The van der Waals surface area contributed by atoms with Crippen LogP contribution in [0.1, 0.15) is 24.9 Å². The van der Waals surface area contributed by atoms with Crippen molar-refractivity contribution in [1.82, 2.24) is 5.32 Å². The minimum atomic E-state index is 0.168. The van der Waals surface area contributed by atoms with Crippen molar-refractivity contribution in [3.63, 3.8) is 0 Å². The van der Waals surface area contributed by atoms with Crippen LogP contribution in [0.5, 0.6) is 5.75 Å². The van der Waals surface area contributed by atoms with E-state index in [0.717, 1.165) is 22.2 Å². The largest absolute Gasteiger partial charge is 0.486 e. The van der Waals surface area contributed by atoms with E-state index in [9.17, 15) is 0 Å². The molecule has 0 amide bonds. The molecule has 1 aliphatic heterocycles. The van der Waals surface area contributed by atoms with E-state index in [1.165, 1.54) is 0 Å². The van der Waals surface area contributed by atoms with Gasteiger partial charge in [0.15, 0.2) is 0 Å². The molecule has 1 N–H and O–H groups in total. The predicted octanol–water partition coefficient (Wildman–Crippen LogP) is 3.53. The van der Waals surface area contributed by atoms with Gasteiger partial charge in [0.05, 0.1) is 11.1 Å². The predicted molar refractivity (Wildman–Crippen MR) is 65.7 cm³/mol. The summed E-state index contributed by atoms with van der Waals surface area (Å²) in [6, 6.07) is 4.04. The van der Waals surface area contributed by atoms with Gasteiger partial charge in [0.25, 0.3) is 0 Å². The Morgan fingerprint density at radius 3 is 2.87 bits per heavy atom. The molecule has 0 saturated carbocycles. The first kappa shape index (κ1) is 11.2. The lowest BCUT2D eigenvalue weighted by Gasteiger charge is -2.16. The maximum Gasteiger partial charge on any atom is 0.144 e. The summed E-state index contributed by atoms with van der Waals surface area (Å²) >= 11 is 9.65. The van der Waals surface area contributed by atoms with Crippen LogP contribution < -0.4 is 10.1 Å². The first-order valence-electron chi connectivity index (χ1n) is 5.00. The van der Waals surface area contributed by atoms with Crippen LogP contribution in [0.15, 0.2) is 16.6 Å². The number of ether oxygens (including phenoxy) is 1. The lowest BCUT2D eigenvalue weighted by molar-refractivity contribution is 0.189. The van der Waals surface area contributed by atoms with Gasteiger partial charge in [-0.25, -0.2) is 0 Å². The van der Waals surface area contributed by atoms with E-state index in [0.29, 0.717) is 5.02 Å². The molecule has 2 nitrogen and oxygen atoms in total. The summed E-state index contributed by atoms with van der Waals surface area (Å²) in [7, 11) is 1.94. The van der Waals surface area contributed by atoms with Crippen LogP contribution in [0.25, 0.3) is 0 Å². The summed E-state index contributed by atoms with van der Waals surface area (Å²) in [5, 5.41) is 3.96. The van der Waals surface area contributed by atoms with Gasteiger partial charge in [0.2, 0.25) is 0 Å². The minimum absolute atomic E-state index is 0.168. The molecule has 0 aromatic heterocycles. The number of halogens is 2. The van der Waals surface area contributed by atoms with Crippen molar-refractivity contribution in [1.29, 1.82) is 0 Å². The van der Waals surface area contributed by atoms with Crippen molar-refractivity contribution in [2.45, 2.75) is 25.5 Å². The third-order valence-electron chi connectivity index (χ3n) is 2.76. The van der Waals surface area contributed by atoms with E-state index in [-0.39, 0.29) is 12.1 Å². The fourth-order valence-corrected chi connectivity index (χ4v) is 2.78. The Morgan fingerprint density at radius 2 is 2.27 bits per heavy atom. The van der Waals surface area contributed by atoms with E-state index < -0.39 is 0 Å². The van der Waals surface area contributed by atoms with Crippen LogP contribution in [-0.4, -0.2) is 13.2 Å². The van der Waals surface area contributed by atoms with Crippen LogP contribution in [0.3, 0.4) is 0 Å². The molecule has 4 heteroatoms. The number of hydrogen-bond donors (Lipinski definition) is 1. The summed E-state index contributed by atoms with van der Waals surface area (Å²) < 4.78 is 6.90. The molecule has 1 aromatic rings. The monoisotopic (exact) mass is 289 g/mol. The maximum atomic E-state index is 6.11. The van der Waals surface area contributed by atoms with Crippen LogP contribution in [0, 0.1) is 0 Å². The molecule has 82 valence electrons. The molecule has 0 aliphatic carbocycles. The molecule has 0 bridgehead atoms. The zero-order valence-electron chi connectivity index (χ0n) is 8.68. The molecule has 2 unspecified atom stereocenters. The van der Waals surface area contributed by atoms with Gasteiger partial charge in [-0.05, 0) is 25.6 Å². The molecule has 1 heterocycles. The highest BCUT2D eigenvalue weighted by Crippen LogP contribution is 2.46. The summed E-state index contributed by atoms with van der Waals surface area (Å²) in [4.78, 5) is 0. The molecule has 1 aromatic carbocycles. The minimum Gasteiger partial charge on any atom is -0.486 e. The smallest absolute Gasteiger partial charge is 0.144 e. The van der Waals surface area contributed by atoms with Crippen molar-refractivity contribution in [2.24, 2.45) is 0 Å². The topological polar surface area (TPSA) is 21.3 Å². The Bertz CT molecular complexity index is 383. The number of benzene rings is 1. The second-order valence-electron chi connectivity index (χ2n) is 3.60. The van der Waals surface area contributed by atoms with Gasteiger partial charge in [-0.2, -0.15) is 0 Å². The van der Waals surface area contributed by atoms with Gasteiger partial charge in [0.1, 0.15) is 11.9 Å². The van der Waals surface area contributed by atoms with E-state index in [1.807, 2.05) is 19.2 Å². The van der Waals surface area contributed by atoms with Crippen LogP contribution in [0.4, 0.5) is 0 Å². The Balaban J connectivity index is 2.51. The third-order valence-corrected chi connectivity index (χ3v) is 3.75. The third kappa shape index (κ3) is 1.77.